The molecule has 0 amide bonds. The van der Waals surface area contributed by atoms with Crippen molar-refractivity contribution >= 4 is 11.3 Å². The average molecular weight is 240 g/mol. The van der Waals surface area contributed by atoms with Gasteiger partial charge in [0, 0.05) is 17.5 Å². The summed E-state index contributed by atoms with van der Waals surface area (Å²) in [6, 6.07) is 0.329. The van der Waals surface area contributed by atoms with E-state index in [4.69, 9.17) is 0 Å². The Morgan fingerprint density at radius 3 is 2.88 bits per heavy atom. The molecule has 1 N–H and O–H groups in total. The van der Waals surface area contributed by atoms with E-state index in [1.807, 2.05) is 5.51 Å². The van der Waals surface area contributed by atoms with Gasteiger partial charge in [-0.3, -0.25) is 4.90 Å². The Kier molecular flexibility index (Phi) is 3.95. The minimum Gasteiger partial charge on any atom is -0.391 e. The van der Waals surface area contributed by atoms with Crippen molar-refractivity contribution in [2.75, 3.05) is 7.05 Å². The molecule has 3 nitrogen and oxygen atoms in total. The van der Waals surface area contributed by atoms with Crippen LogP contribution in [0.3, 0.4) is 0 Å². The van der Waals surface area contributed by atoms with Gasteiger partial charge in [0.2, 0.25) is 0 Å². The highest BCUT2D eigenvalue weighted by Crippen LogP contribution is 2.24. The van der Waals surface area contributed by atoms with Gasteiger partial charge in [-0.1, -0.05) is 12.8 Å². The van der Waals surface area contributed by atoms with Crippen molar-refractivity contribution in [2.24, 2.45) is 0 Å². The van der Waals surface area contributed by atoms with Gasteiger partial charge in [-0.25, -0.2) is 4.98 Å². The summed E-state index contributed by atoms with van der Waals surface area (Å²) >= 11 is 1.71. The first-order chi connectivity index (χ1) is 7.68. The maximum Gasteiger partial charge on any atom is 0.0798 e. The molecule has 1 aliphatic rings. The topological polar surface area (TPSA) is 36.4 Å². The number of aromatic nitrogens is 1. The Labute approximate surface area is 101 Å². The minimum absolute atomic E-state index is 0.146. The molecule has 1 heterocycles. The number of aryl methyl sites for hydroxylation is 1. The zero-order valence-corrected chi connectivity index (χ0v) is 10.8. The second-order valence-corrected chi connectivity index (χ2v) is 5.63. The van der Waals surface area contributed by atoms with Crippen LogP contribution in [0.5, 0.6) is 0 Å². The maximum atomic E-state index is 9.98. The Balaban J connectivity index is 1.96. The average Bonchev–Trinajstić information content (AvgIpc) is 2.65. The summed E-state index contributed by atoms with van der Waals surface area (Å²) in [5.74, 6) is 0. The quantitative estimate of drug-likeness (QED) is 0.880. The molecule has 90 valence electrons. The van der Waals surface area contributed by atoms with Crippen molar-refractivity contribution in [3.63, 3.8) is 0 Å². The van der Waals surface area contributed by atoms with Gasteiger partial charge in [0.15, 0.2) is 0 Å². The van der Waals surface area contributed by atoms with E-state index in [-0.39, 0.29) is 6.10 Å². The minimum atomic E-state index is -0.146. The first kappa shape index (κ1) is 12.0. The molecule has 0 saturated heterocycles. The lowest BCUT2D eigenvalue weighted by Crippen LogP contribution is -2.42. The second kappa shape index (κ2) is 5.25. The van der Waals surface area contributed by atoms with Crippen LogP contribution in [0.2, 0.25) is 0 Å². The number of rotatable bonds is 3. The van der Waals surface area contributed by atoms with Crippen molar-refractivity contribution in [1.82, 2.24) is 9.88 Å². The van der Waals surface area contributed by atoms with Gasteiger partial charge in [0.1, 0.15) is 0 Å². The first-order valence-corrected chi connectivity index (χ1v) is 6.83. The normalized spacial score (nSPS) is 26.2. The Hall–Kier alpha value is -0.450. The molecule has 2 rings (SSSR count). The Bertz CT molecular complexity index is 340. The third kappa shape index (κ3) is 2.62. The van der Waals surface area contributed by atoms with E-state index in [1.165, 1.54) is 17.7 Å². The molecule has 2 atom stereocenters. The molecule has 1 aliphatic carbocycles. The lowest BCUT2D eigenvalue weighted by Gasteiger charge is -2.35. The number of aliphatic hydroxyl groups is 1. The highest BCUT2D eigenvalue weighted by molar-refractivity contribution is 7.09. The molecule has 16 heavy (non-hydrogen) atoms. The number of nitrogens with zero attached hydrogens (tertiary/aromatic N) is 2. The van der Waals surface area contributed by atoms with Crippen LogP contribution < -0.4 is 0 Å². The fourth-order valence-electron chi connectivity index (χ4n) is 2.43. The fraction of sp³-hybridized carbons (Fsp3) is 0.750. The molecule has 0 radical (unpaired) electrons. The van der Waals surface area contributed by atoms with E-state index in [0.717, 1.165) is 25.1 Å². The summed E-state index contributed by atoms with van der Waals surface area (Å²) in [6.07, 6.45) is 4.34. The van der Waals surface area contributed by atoms with E-state index < -0.39 is 0 Å². The van der Waals surface area contributed by atoms with Crippen molar-refractivity contribution < 1.29 is 5.11 Å². The summed E-state index contributed by atoms with van der Waals surface area (Å²) in [5.41, 5.74) is 3.03. The highest BCUT2D eigenvalue weighted by atomic mass is 32.1. The van der Waals surface area contributed by atoms with Gasteiger partial charge in [-0.15, -0.1) is 11.3 Å². The third-order valence-corrected chi connectivity index (χ3v) is 4.42. The van der Waals surface area contributed by atoms with Crippen LogP contribution in [0.15, 0.2) is 5.51 Å². The second-order valence-electron chi connectivity index (χ2n) is 4.70. The standard InChI is InChI=1S/C12H20N2OS/c1-9-12(16-8-13-9)7-14(2)10-5-3-4-6-11(10)15/h8,10-11,15H,3-7H2,1-2H3/t10-,11-/m1/s1. The van der Waals surface area contributed by atoms with Crippen LogP contribution in [-0.2, 0) is 6.54 Å². The van der Waals surface area contributed by atoms with E-state index in [1.54, 1.807) is 11.3 Å². The number of thiazole rings is 1. The van der Waals surface area contributed by atoms with Crippen molar-refractivity contribution in [3.8, 4) is 0 Å². The van der Waals surface area contributed by atoms with Crippen LogP contribution in [0.25, 0.3) is 0 Å². The van der Waals surface area contributed by atoms with Gasteiger partial charge >= 0.3 is 0 Å². The SMILES string of the molecule is Cc1ncsc1CN(C)[C@@H]1CCCC[C@H]1O. The van der Waals surface area contributed by atoms with Crippen molar-refractivity contribution in [3.05, 3.63) is 16.1 Å². The zero-order chi connectivity index (χ0) is 11.5. The smallest absolute Gasteiger partial charge is 0.0798 e. The number of hydrogen-bond acceptors (Lipinski definition) is 4. The first-order valence-electron chi connectivity index (χ1n) is 5.95. The lowest BCUT2D eigenvalue weighted by molar-refractivity contribution is 0.0291. The summed E-state index contributed by atoms with van der Waals surface area (Å²) in [7, 11) is 2.11. The summed E-state index contributed by atoms with van der Waals surface area (Å²) in [5, 5.41) is 9.98. The zero-order valence-electron chi connectivity index (χ0n) is 10.0. The van der Waals surface area contributed by atoms with Gasteiger partial charge in [0.05, 0.1) is 17.3 Å². The molecule has 1 fully saturated rings. The predicted molar refractivity (Wildman–Crippen MR) is 66.6 cm³/mol. The molecule has 1 aromatic rings. The largest absolute Gasteiger partial charge is 0.391 e. The van der Waals surface area contributed by atoms with Crippen molar-refractivity contribution in [2.45, 2.75) is 51.3 Å². The van der Waals surface area contributed by atoms with Crippen LogP contribution >= 0.6 is 11.3 Å². The molecule has 0 spiro atoms. The van der Waals surface area contributed by atoms with Gasteiger partial charge in [-0.2, -0.15) is 0 Å². The van der Waals surface area contributed by atoms with E-state index in [2.05, 4.69) is 23.9 Å². The van der Waals surface area contributed by atoms with Crippen molar-refractivity contribution in [1.29, 1.82) is 0 Å². The molecule has 0 bridgehead atoms. The summed E-state index contributed by atoms with van der Waals surface area (Å²) in [6.45, 7) is 2.97. The predicted octanol–water partition coefficient (Wildman–Crippen LogP) is 2.19. The summed E-state index contributed by atoms with van der Waals surface area (Å²) in [4.78, 5) is 7.86. The lowest BCUT2D eigenvalue weighted by atomic mass is 9.91. The number of aliphatic hydroxyl groups excluding tert-OH is 1. The van der Waals surface area contributed by atoms with E-state index >= 15 is 0 Å². The van der Waals surface area contributed by atoms with Crippen LogP contribution in [-0.4, -0.2) is 34.2 Å². The van der Waals surface area contributed by atoms with E-state index in [0.29, 0.717) is 6.04 Å². The highest BCUT2D eigenvalue weighted by Gasteiger charge is 2.26. The molecule has 0 aliphatic heterocycles. The van der Waals surface area contributed by atoms with Crippen LogP contribution in [0.1, 0.15) is 36.3 Å². The van der Waals surface area contributed by atoms with Gasteiger partial charge in [0.25, 0.3) is 0 Å². The van der Waals surface area contributed by atoms with Crippen LogP contribution in [0, 0.1) is 6.92 Å². The van der Waals surface area contributed by atoms with Gasteiger partial charge < -0.3 is 5.11 Å². The number of hydrogen-bond donors (Lipinski definition) is 1. The molecule has 0 aromatic carbocycles. The fourth-order valence-corrected chi connectivity index (χ4v) is 3.27. The molecule has 1 aromatic heterocycles. The summed E-state index contributed by atoms with van der Waals surface area (Å²) < 4.78 is 0. The maximum absolute atomic E-state index is 9.98. The van der Waals surface area contributed by atoms with E-state index in [9.17, 15) is 5.11 Å². The monoisotopic (exact) mass is 240 g/mol. The third-order valence-electron chi connectivity index (χ3n) is 3.50. The number of likely N-dealkylation sites (N-methyl/N-ethyl adjacent to an activating group) is 1. The van der Waals surface area contributed by atoms with Gasteiger partial charge in [-0.05, 0) is 26.8 Å². The molecular formula is C12H20N2OS. The molecule has 4 heteroatoms. The molecular weight excluding hydrogens is 220 g/mol. The Morgan fingerprint density at radius 1 is 1.50 bits per heavy atom. The van der Waals surface area contributed by atoms with Crippen LogP contribution in [0.4, 0.5) is 0 Å². The molecule has 0 unspecified atom stereocenters. The Morgan fingerprint density at radius 2 is 2.25 bits per heavy atom. The molecule has 1 saturated carbocycles.